The Balaban J connectivity index is 1.35. The summed E-state index contributed by atoms with van der Waals surface area (Å²) < 4.78 is 16.6. The highest BCUT2D eigenvalue weighted by atomic mass is 16.5. The number of amides is 1. The van der Waals surface area contributed by atoms with E-state index < -0.39 is 5.63 Å². The Labute approximate surface area is 158 Å². The van der Waals surface area contributed by atoms with Crippen molar-refractivity contribution in [1.29, 1.82) is 0 Å². The Hall–Kier alpha value is -1.66. The first-order valence-electron chi connectivity index (χ1n) is 10.2. The molecule has 3 saturated heterocycles. The third kappa shape index (κ3) is 2.93. The highest BCUT2D eigenvalue weighted by Crippen LogP contribution is 2.48. The van der Waals surface area contributed by atoms with E-state index in [0.717, 1.165) is 51.1 Å². The van der Waals surface area contributed by atoms with Crippen molar-refractivity contribution in [3.05, 3.63) is 33.4 Å². The van der Waals surface area contributed by atoms with Crippen molar-refractivity contribution in [3.8, 4) is 0 Å². The second-order valence-corrected chi connectivity index (χ2v) is 8.71. The average molecular weight is 373 g/mol. The lowest BCUT2D eigenvalue weighted by atomic mass is 9.91. The van der Waals surface area contributed by atoms with Gasteiger partial charge in [0.05, 0.1) is 6.61 Å². The number of carbonyl (C=O) groups is 1. The summed E-state index contributed by atoms with van der Waals surface area (Å²) in [6, 6.07) is 1.89. The van der Waals surface area contributed by atoms with Gasteiger partial charge in [-0.15, -0.1) is 0 Å². The zero-order valence-electron chi connectivity index (χ0n) is 15.8. The van der Waals surface area contributed by atoms with Crippen LogP contribution < -0.4 is 5.63 Å². The molecule has 0 spiro atoms. The zero-order valence-corrected chi connectivity index (χ0v) is 15.8. The first-order valence-corrected chi connectivity index (χ1v) is 10.2. The lowest BCUT2D eigenvalue weighted by molar-refractivity contribution is 0.0756. The number of aryl methyl sites for hydroxylation is 1. The third-order valence-electron chi connectivity index (χ3n) is 7.19. The van der Waals surface area contributed by atoms with Gasteiger partial charge >= 0.3 is 5.63 Å². The Morgan fingerprint density at radius 2 is 1.89 bits per heavy atom. The van der Waals surface area contributed by atoms with Gasteiger partial charge in [-0.2, -0.15) is 0 Å². The van der Waals surface area contributed by atoms with E-state index in [1.54, 1.807) is 0 Å². The maximum atomic E-state index is 13.1. The van der Waals surface area contributed by atoms with Crippen LogP contribution in [-0.2, 0) is 9.47 Å². The molecule has 0 unspecified atom stereocenters. The summed E-state index contributed by atoms with van der Waals surface area (Å²) in [5.41, 5.74) is 0.461. The van der Waals surface area contributed by atoms with Crippen LogP contribution in [0.2, 0.25) is 0 Å². The molecule has 0 aromatic carbocycles. The molecule has 0 radical (unpaired) electrons. The first-order chi connectivity index (χ1) is 13.1. The Kier molecular flexibility index (Phi) is 4.36. The van der Waals surface area contributed by atoms with E-state index in [1.807, 2.05) is 17.9 Å². The van der Waals surface area contributed by atoms with Gasteiger partial charge < -0.3 is 18.8 Å². The van der Waals surface area contributed by atoms with Crippen LogP contribution in [0, 0.1) is 30.6 Å². The van der Waals surface area contributed by atoms with Gasteiger partial charge in [0.1, 0.15) is 11.3 Å². The minimum Gasteiger partial charge on any atom is -0.427 e. The van der Waals surface area contributed by atoms with Gasteiger partial charge in [0.25, 0.3) is 5.91 Å². The van der Waals surface area contributed by atoms with Crippen molar-refractivity contribution in [1.82, 2.24) is 4.90 Å². The van der Waals surface area contributed by atoms with E-state index in [1.165, 1.54) is 0 Å². The van der Waals surface area contributed by atoms with Crippen molar-refractivity contribution >= 4 is 5.91 Å². The van der Waals surface area contributed by atoms with E-state index in [9.17, 15) is 9.59 Å². The number of fused-ring (bicyclic) bond motifs is 3. The summed E-state index contributed by atoms with van der Waals surface area (Å²) in [5.74, 6) is 3.08. The molecule has 1 aliphatic carbocycles. The summed E-state index contributed by atoms with van der Waals surface area (Å²) in [4.78, 5) is 27.7. The summed E-state index contributed by atoms with van der Waals surface area (Å²) in [6.07, 6.45) is 2.86. The van der Waals surface area contributed by atoms with Gasteiger partial charge in [0.2, 0.25) is 0 Å². The molecule has 1 aromatic rings. The van der Waals surface area contributed by atoms with E-state index in [0.29, 0.717) is 42.6 Å². The molecule has 0 N–H and O–H groups in total. The van der Waals surface area contributed by atoms with E-state index in [4.69, 9.17) is 13.9 Å². The Morgan fingerprint density at radius 3 is 2.67 bits per heavy atom. The van der Waals surface area contributed by atoms with Gasteiger partial charge in [-0.25, -0.2) is 4.79 Å². The summed E-state index contributed by atoms with van der Waals surface area (Å²) in [5, 5.41) is 0. The van der Waals surface area contributed by atoms with Crippen molar-refractivity contribution in [3.63, 3.8) is 0 Å². The molecule has 1 amide bonds. The molecule has 4 heterocycles. The number of hydrogen-bond donors (Lipinski definition) is 0. The van der Waals surface area contributed by atoms with Gasteiger partial charge in [-0.1, -0.05) is 0 Å². The summed E-state index contributed by atoms with van der Waals surface area (Å²) >= 11 is 0. The van der Waals surface area contributed by atoms with E-state index in [-0.39, 0.29) is 17.4 Å². The quantitative estimate of drug-likeness (QED) is 0.795. The minimum atomic E-state index is -0.486. The van der Waals surface area contributed by atoms with Crippen LogP contribution in [0.25, 0.3) is 0 Å². The third-order valence-corrected chi connectivity index (χ3v) is 7.19. The normalized spacial score (nSPS) is 33.3. The van der Waals surface area contributed by atoms with Gasteiger partial charge in [-0.05, 0) is 61.5 Å². The van der Waals surface area contributed by atoms with Gasteiger partial charge in [-0.3, -0.25) is 4.79 Å². The minimum absolute atomic E-state index is 0.162. The molecule has 1 aromatic heterocycles. The molecule has 1 saturated carbocycles. The largest absolute Gasteiger partial charge is 0.427 e. The number of carbonyl (C=O) groups excluding carboxylic acids is 1. The molecule has 5 rings (SSSR count). The molecule has 4 aliphatic rings. The van der Waals surface area contributed by atoms with Crippen LogP contribution in [0.4, 0.5) is 0 Å². The fourth-order valence-electron chi connectivity index (χ4n) is 5.75. The van der Waals surface area contributed by atoms with Crippen LogP contribution in [0.5, 0.6) is 0 Å². The van der Waals surface area contributed by atoms with Crippen LogP contribution in [-0.4, -0.2) is 50.3 Å². The van der Waals surface area contributed by atoms with Crippen LogP contribution in [0.15, 0.2) is 15.3 Å². The maximum Gasteiger partial charge on any atom is 0.349 e. The van der Waals surface area contributed by atoms with Gasteiger partial charge in [0, 0.05) is 38.8 Å². The maximum absolute atomic E-state index is 13.1. The summed E-state index contributed by atoms with van der Waals surface area (Å²) in [7, 11) is 0. The molecule has 3 aliphatic heterocycles. The van der Waals surface area contributed by atoms with Crippen LogP contribution in [0.1, 0.15) is 46.9 Å². The van der Waals surface area contributed by atoms with E-state index >= 15 is 0 Å². The lowest BCUT2D eigenvalue weighted by Gasteiger charge is -2.23. The number of likely N-dealkylation sites (tertiary alicyclic amines) is 1. The van der Waals surface area contributed by atoms with Crippen molar-refractivity contribution < 1.29 is 18.7 Å². The standard InChI is InChI=1S/C21H27NO5/c1-12-6-18(13-2-4-25-5-3-13)27-21(24)19(12)20(23)22-8-14-7-15-10-26-11-17(15)16(14)9-22/h6,13-17H,2-5,7-11H2,1H3/t14-,15+,16+,17-/m0/s1. The van der Waals surface area contributed by atoms with Crippen LogP contribution in [0.3, 0.4) is 0 Å². The molecule has 4 atom stereocenters. The zero-order chi connectivity index (χ0) is 18.5. The predicted molar refractivity (Wildman–Crippen MR) is 97.8 cm³/mol. The number of rotatable bonds is 2. The molecule has 4 fully saturated rings. The van der Waals surface area contributed by atoms with E-state index in [2.05, 4.69) is 0 Å². The smallest absolute Gasteiger partial charge is 0.349 e. The predicted octanol–water partition coefficient (Wildman–Crippen LogP) is 2.20. The molecule has 6 heteroatoms. The summed E-state index contributed by atoms with van der Waals surface area (Å²) in [6.45, 7) is 6.44. The molecule has 6 nitrogen and oxygen atoms in total. The fourth-order valence-corrected chi connectivity index (χ4v) is 5.75. The molecular formula is C21H27NO5. The lowest BCUT2D eigenvalue weighted by Crippen LogP contribution is -2.35. The number of hydrogen-bond acceptors (Lipinski definition) is 5. The Bertz CT molecular complexity index is 796. The molecular weight excluding hydrogens is 346 g/mol. The van der Waals surface area contributed by atoms with Crippen molar-refractivity contribution in [2.24, 2.45) is 23.7 Å². The fraction of sp³-hybridized carbons (Fsp3) is 0.714. The monoisotopic (exact) mass is 373 g/mol. The first kappa shape index (κ1) is 17.4. The van der Waals surface area contributed by atoms with Crippen LogP contribution >= 0.6 is 0 Å². The number of ether oxygens (including phenoxy) is 2. The second-order valence-electron chi connectivity index (χ2n) is 8.71. The topological polar surface area (TPSA) is 69.0 Å². The Morgan fingerprint density at radius 1 is 1.07 bits per heavy atom. The molecule has 0 bridgehead atoms. The van der Waals surface area contributed by atoms with Crippen molar-refractivity contribution in [2.75, 3.05) is 39.5 Å². The van der Waals surface area contributed by atoms with Crippen molar-refractivity contribution in [2.45, 2.75) is 32.1 Å². The second kappa shape index (κ2) is 6.74. The highest BCUT2D eigenvalue weighted by Gasteiger charge is 2.51. The highest BCUT2D eigenvalue weighted by molar-refractivity contribution is 5.95. The molecule has 27 heavy (non-hydrogen) atoms. The molecule has 146 valence electrons. The number of nitrogens with zero attached hydrogens (tertiary/aromatic N) is 1. The SMILES string of the molecule is Cc1cc(C2CCOCC2)oc(=O)c1C(=O)N1C[C@@H]2C[C@@H]3COC[C@@H]3[C@@H]2C1. The van der Waals surface area contributed by atoms with Gasteiger partial charge in [0.15, 0.2) is 0 Å². The average Bonchev–Trinajstić information content (AvgIpc) is 3.34.